The first-order valence-electron chi connectivity index (χ1n) is 7.47. The Bertz CT molecular complexity index is 461. The molecular formula is C16H24FNO3. The lowest BCUT2D eigenvalue weighted by molar-refractivity contribution is -0.00861. The van der Waals surface area contributed by atoms with Gasteiger partial charge in [0.1, 0.15) is 5.82 Å². The van der Waals surface area contributed by atoms with Crippen LogP contribution in [-0.4, -0.2) is 33.5 Å². The summed E-state index contributed by atoms with van der Waals surface area (Å²) < 4.78 is 30.7. The molecule has 1 fully saturated rings. The van der Waals surface area contributed by atoms with Gasteiger partial charge in [-0.2, -0.15) is 0 Å². The van der Waals surface area contributed by atoms with Crippen LogP contribution in [0, 0.1) is 5.82 Å². The van der Waals surface area contributed by atoms with E-state index >= 15 is 0 Å². The molecule has 5 heteroatoms. The minimum absolute atomic E-state index is 0.00805. The number of ether oxygens (including phenoxy) is 3. The van der Waals surface area contributed by atoms with Gasteiger partial charge in [-0.15, -0.1) is 0 Å². The lowest BCUT2D eigenvalue weighted by Gasteiger charge is -2.31. The molecule has 1 aromatic rings. The molecule has 1 aliphatic rings. The van der Waals surface area contributed by atoms with E-state index in [1.54, 1.807) is 13.2 Å². The third kappa shape index (κ3) is 3.66. The van der Waals surface area contributed by atoms with Gasteiger partial charge in [0.05, 0.1) is 26.4 Å². The lowest BCUT2D eigenvalue weighted by atomic mass is 9.95. The largest absolute Gasteiger partial charge is 0.493 e. The molecule has 2 atom stereocenters. The summed E-state index contributed by atoms with van der Waals surface area (Å²) >= 11 is 0. The van der Waals surface area contributed by atoms with Crippen LogP contribution >= 0.6 is 0 Å². The molecule has 0 radical (unpaired) electrons. The minimum atomic E-state index is -0.298. The number of methoxy groups -OCH3 is 2. The topological polar surface area (TPSA) is 39.7 Å². The van der Waals surface area contributed by atoms with Gasteiger partial charge in [0, 0.05) is 18.2 Å². The summed E-state index contributed by atoms with van der Waals surface area (Å²) in [6, 6.07) is 2.91. The molecule has 21 heavy (non-hydrogen) atoms. The SMILES string of the molecule is CCNC(c1cc(OC)c(OC)cc1F)C1CCCCO1. The normalized spacial score (nSPS) is 20.1. The second-order valence-corrected chi connectivity index (χ2v) is 5.17. The molecule has 0 aromatic heterocycles. The molecular weight excluding hydrogens is 273 g/mol. The van der Waals surface area contributed by atoms with E-state index in [0.29, 0.717) is 17.1 Å². The second-order valence-electron chi connectivity index (χ2n) is 5.17. The monoisotopic (exact) mass is 297 g/mol. The van der Waals surface area contributed by atoms with Crippen LogP contribution in [0.25, 0.3) is 0 Å². The van der Waals surface area contributed by atoms with Crippen molar-refractivity contribution in [2.45, 2.75) is 38.3 Å². The highest BCUT2D eigenvalue weighted by Crippen LogP contribution is 2.35. The highest BCUT2D eigenvalue weighted by atomic mass is 19.1. The first-order valence-corrected chi connectivity index (χ1v) is 7.47. The van der Waals surface area contributed by atoms with Crippen LogP contribution < -0.4 is 14.8 Å². The van der Waals surface area contributed by atoms with Crippen molar-refractivity contribution in [2.24, 2.45) is 0 Å². The molecule has 118 valence electrons. The van der Waals surface area contributed by atoms with E-state index in [1.807, 2.05) is 6.92 Å². The molecule has 1 N–H and O–H groups in total. The number of hydrogen-bond acceptors (Lipinski definition) is 4. The third-order valence-electron chi connectivity index (χ3n) is 3.85. The van der Waals surface area contributed by atoms with Crippen molar-refractivity contribution in [1.29, 1.82) is 0 Å². The van der Waals surface area contributed by atoms with Crippen molar-refractivity contribution < 1.29 is 18.6 Å². The predicted molar refractivity (Wildman–Crippen MR) is 79.5 cm³/mol. The van der Waals surface area contributed by atoms with Crippen molar-refractivity contribution in [3.05, 3.63) is 23.5 Å². The van der Waals surface area contributed by atoms with E-state index in [4.69, 9.17) is 14.2 Å². The maximum absolute atomic E-state index is 14.5. The zero-order chi connectivity index (χ0) is 15.2. The van der Waals surface area contributed by atoms with E-state index in [0.717, 1.165) is 32.4 Å². The van der Waals surface area contributed by atoms with Gasteiger partial charge in [-0.25, -0.2) is 4.39 Å². The maximum Gasteiger partial charge on any atom is 0.163 e. The summed E-state index contributed by atoms with van der Waals surface area (Å²) in [6.45, 7) is 3.49. The molecule has 0 saturated carbocycles. The average Bonchev–Trinajstić information content (AvgIpc) is 2.53. The number of hydrogen-bond donors (Lipinski definition) is 1. The Kier molecular flexibility index (Phi) is 5.82. The first-order chi connectivity index (χ1) is 10.2. The van der Waals surface area contributed by atoms with Gasteiger partial charge >= 0.3 is 0 Å². The summed E-state index contributed by atoms with van der Waals surface area (Å²) in [4.78, 5) is 0. The summed E-state index contributed by atoms with van der Waals surface area (Å²) in [5, 5.41) is 3.34. The molecule has 2 rings (SSSR count). The molecule has 1 aromatic carbocycles. The molecule has 1 aliphatic heterocycles. The zero-order valence-corrected chi connectivity index (χ0v) is 12.9. The molecule has 0 aliphatic carbocycles. The van der Waals surface area contributed by atoms with Gasteiger partial charge in [0.2, 0.25) is 0 Å². The molecule has 1 saturated heterocycles. The standard InChI is InChI=1S/C16H24FNO3/c1-4-18-16(13-7-5-6-8-21-13)11-9-14(19-2)15(20-3)10-12(11)17/h9-10,13,16,18H,4-8H2,1-3H3. The molecule has 0 spiro atoms. The molecule has 4 nitrogen and oxygen atoms in total. The van der Waals surface area contributed by atoms with Gasteiger partial charge in [-0.3, -0.25) is 0 Å². The van der Waals surface area contributed by atoms with Gasteiger partial charge < -0.3 is 19.5 Å². The van der Waals surface area contributed by atoms with Crippen molar-refractivity contribution in [2.75, 3.05) is 27.4 Å². The van der Waals surface area contributed by atoms with E-state index in [9.17, 15) is 4.39 Å². The quantitative estimate of drug-likeness (QED) is 0.876. The number of benzene rings is 1. The molecule has 2 unspecified atom stereocenters. The van der Waals surface area contributed by atoms with E-state index in [1.165, 1.54) is 13.2 Å². The Morgan fingerprint density at radius 3 is 2.57 bits per heavy atom. The number of nitrogens with one attached hydrogen (secondary N) is 1. The Morgan fingerprint density at radius 2 is 2.00 bits per heavy atom. The highest BCUT2D eigenvalue weighted by Gasteiger charge is 2.28. The van der Waals surface area contributed by atoms with Crippen LogP contribution in [0.5, 0.6) is 11.5 Å². The van der Waals surface area contributed by atoms with Gasteiger partial charge in [-0.1, -0.05) is 6.92 Å². The smallest absolute Gasteiger partial charge is 0.163 e. The van der Waals surface area contributed by atoms with Crippen LogP contribution in [0.3, 0.4) is 0 Å². The Labute approximate surface area is 125 Å². The van der Waals surface area contributed by atoms with Crippen LogP contribution in [-0.2, 0) is 4.74 Å². The summed E-state index contributed by atoms with van der Waals surface area (Å²) in [6.07, 6.45) is 3.11. The summed E-state index contributed by atoms with van der Waals surface area (Å²) in [5.74, 6) is 0.638. The van der Waals surface area contributed by atoms with Gasteiger partial charge in [-0.05, 0) is 31.9 Å². The zero-order valence-electron chi connectivity index (χ0n) is 12.9. The van der Waals surface area contributed by atoms with Crippen LogP contribution in [0.1, 0.15) is 37.8 Å². The fraction of sp³-hybridized carbons (Fsp3) is 0.625. The van der Waals surface area contributed by atoms with E-state index < -0.39 is 0 Å². The first kappa shape index (κ1) is 16.0. The molecule has 0 bridgehead atoms. The van der Waals surface area contributed by atoms with Crippen LogP contribution in [0.4, 0.5) is 4.39 Å². The minimum Gasteiger partial charge on any atom is -0.493 e. The van der Waals surface area contributed by atoms with E-state index in [2.05, 4.69) is 5.32 Å². The van der Waals surface area contributed by atoms with Crippen molar-refractivity contribution >= 4 is 0 Å². The van der Waals surface area contributed by atoms with Crippen molar-refractivity contribution in [3.8, 4) is 11.5 Å². The van der Waals surface area contributed by atoms with Gasteiger partial charge in [0.25, 0.3) is 0 Å². The van der Waals surface area contributed by atoms with Crippen molar-refractivity contribution in [3.63, 3.8) is 0 Å². The second kappa shape index (κ2) is 7.61. The average molecular weight is 297 g/mol. The maximum atomic E-state index is 14.5. The third-order valence-corrected chi connectivity index (χ3v) is 3.85. The van der Waals surface area contributed by atoms with Crippen molar-refractivity contribution in [1.82, 2.24) is 5.32 Å². The molecule has 1 heterocycles. The number of halogens is 1. The van der Waals surface area contributed by atoms with Gasteiger partial charge in [0.15, 0.2) is 11.5 Å². The van der Waals surface area contributed by atoms with Crippen LogP contribution in [0.2, 0.25) is 0 Å². The Balaban J connectivity index is 2.34. The highest BCUT2D eigenvalue weighted by molar-refractivity contribution is 5.45. The Morgan fingerprint density at radius 1 is 1.29 bits per heavy atom. The fourth-order valence-corrected chi connectivity index (χ4v) is 2.80. The lowest BCUT2D eigenvalue weighted by Crippen LogP contribution is -2.36. The van der Waals surface area contributed by atoms with Crippen LogP contribution in [0.15, 0.2) is 12.1 Å². The Hall–Kier alpha value is -1.33. The number of rotatable bonds is 6. The summed E-state index contributed by atoms with van der Waals surface area (Å²) in [7, 11) is 3.06. The predicted octanol–water partition coefficient (Wildman–Crippen LogP) is 3.06. The van der Waals surface area contributed by atoms with E-state index in [-0.39, 0.29) is 18.0 Å². The fourth-order valence-electron chi connectivity index (χ4n) is 2.80. The number of likely N-dealkylation sites (N-methyl/N-ethyl adjacent to an activating group) is 1. The summed E-state index contributed by atoms with van der Waals surface area (Å²) in [5.41, 5.74) is 0.571. The molecule has 0 amide bonds.